The third kappa shape index (κ3) is 5.44. The van der Waals surface area contributed by atoms with E-state index in [0.717, 1.165) is 59.8 Å². The Hall–Kier alpha value is -3.31. The molecule has 0 radical (unpaired) electrons. The third-order valence-corrected chi connectivity index (χ3v) is 5.67. The van der Waals surface area contributed by atoms with Crippen LogP contribution >= 0.6 is 0 Å². The van der Waals surface area contributed by atoms with Crippen LogP contribution in [-0.2, 0) is 11.2 Å². The fraction of sp³-hybridized carbons (Fsp3) is 0.269. The van der Waals surface area contributed by atoms with Gasteiger partial charge in [-0.05, 0) is 66.4 Å². The van der Waals surface area contributed by atoms with Crippen molar-refractivity contribution in [2.75, 3.05) is 25.0 Å². The quantitative estimate of drug-likeness (QED) is 0.635. The summed E-state index contributed by atoms with van der Waals surface area (Å²) in [7, 11) is 0. The Morgan fingerprint density at radius 3 is 2.55 bits per heavy atom. The van der Waals surface area contributed by atoms with Crippen molar-refractivity contribution in [1.82, 2.24) is 14.9 Å². The van der Waals surface area contributed by atoms with Crippen molar-refractivity contribution in [1.29, 1.82) is 0 Å². The zero-order valence-electron chi connectivity index (χ0n) is 18.1. The monoisotopic (exact) mass is 412 g/mol. The van der Waals surface area contributed by atoms with Crippen LogP contribution in [0.5, 0.6) is 0 Å². The van der Waals surface area contributed by atoms with E-state index in [1.165, 1.54) is 5.57 Å². The topological polar surface area (TPSA) is 58.1 Å². The van der Waals surface area contributed by atoms with Crippen LogP contribution in [0, 0.1) is 6.92 Å². The molecule has 158 valence electrons. The van der Waals surface area contributed by atoms with Gasteiger partial charge in [0.15, 0.2) is 0 Å². The Kier molecular flexibility index (Phi) is 6.53. The van der Waals surface area contributed by atoms with E-state index >= 15 is 0 Å². The second kappa shape index (κ2) is 9.67. The molecule has 0 unspecified atom stereocenters. The van der Waals surface area contributed by atoms with Crippen LogP contribution in [0.3, 0.4) is 0 Å². The van der Waals surface area contributed by atoms with E-state index in [1.807, 2.05) is 55.6 Å². The summed E-state index contributed by atoms with van der Waals surface area (Å²) in [6.45, 7) is 7.29. The highest BCUT2D eigenvalue weighted by Crippen LogP contribution is 2.22. The van der Waals surface area contributed by atoms with Crippen molar-refractivity contribution in [2.24, 2.45) is 0 Å². The first-order chi connectivity index (χ1) is 15.1. The first kappa shape index (κ1) is 20.9. The minimum absolute atomic E-state index is 0.0440. The molecule has 0 spiro atoms. The number of aromatic nitrogens is 2. The summed E-state index contributed by atoms with van der Waals surface area (Å²) in [4.78, 5) is 23.7. The SMILES string of the molecule is CCN1CC=C(c2ccc(NC(=O)Cc3ccc(-c4ccnc(C)c4)cc3)cn2)CC1. The Morgan fingerprint density at radius 1 is 1.06 bits per heavy atom. The standard InChI is InChI=1S/C26H28N4O/c1-3-30-14-11-22(12-15-30)25-9-8-24(18-28-25)29-26(31)17-20-4-6-21(7-5-20)23-10-13-27-19(2)16-23/h4-11,13,16,18H,3,12,14-15,17H2,1-2H3,(H,29,31). The van der Waals surface area contributed by atoms with Gasteiger partial charge in [0.05, 0.1) is 24.0 Å². The van der Waals surface area contributed by atoms with Crippen LogP contribution in [0.25, 0.3) is 16.7 Å². The summed E-state index contributed by atoms with van der Waals surface area (Å²) in [5.74, 6) is -0.0440. The average Bonchev–Trinajstić information content (AvgIpc) is 2.80. The van der Waals surface area contributed by atoms with Crippen LogP contribution in [0.1, 0.15) is 30.3 Å². The molecule has 1 amide bonds. The maximum atomic E-state index is 12.5. The normalized spacial score (nSPS) is 14.2. The number of pyridine rings is 2. The van der Waals surface area contributed by atoms with Gasteiger partial charge in [0.2, 0.25) is 5.91 Å². The molecule has 0 aliphatic carbocycles. The molecule has 0 saturated heterocycles. The minimum Gasteiger partial charge on any atom is -0.324 e. The fourth-order valence-electron chi connectivity index (χ4n) is 3.82. The van der Waals surface area contributed by atoms with Crippen LogP contribution in [0.15, 0.2) is 67.0 Å². The third-order valence-electron chi connectivity index (χ3n) is 5.67. The number of hydrogen-bond acceptors (Lipinski definition) is 4. The Bertz CT molecular complexity index is 1070. The maximum absolute atomic E-state index is 12.5. The number of nitrogens with one attached hydrogen (secondary N) is 1. The molecule has 1 aliphatic rings. The van der Waals surface area contributed by atoms with Gasteiger partial charge in [0.25, 0.3) is 0 Å². The molecule has 1 aliphatic heterocycles. The van der Waals surface area contributed by atoms with Crippen LogP contribution in [-0.4, -0.2) is 40.4 Å². The number of carbonyl (C=O) groups is 1. The number of nitrogens with zero attached hydrogens (tertiary/aromatic N) is 3. The van der Waals surface area contributed by atoms with E-state index in [4.69, 9.17) is 0 Å². The van der Waals surface area contributed by atoms with E-state index in [0.29, 0.717) is 6.42 Å². The molecule has 5 nitrogen and oxygen atoms in total. The van der Waals surface area contributed by atoms with Crippen molar-refractivity contribution in [3.05, 3.63) is 84.0 Å². The van der Waals surface area contributed by atoms with Crippen molar-refractivity contribution in [2.45, 2.75) is 26.7 Å². The average molecular weight is 413 g/mol. The second-order valence-corrected chi connectivity index (χ2v) is 7.91. The van der Waals surface area contributed by atoms with Gasteiger partial charge in [-0.3, -0.25) is 19.7 Å². The van der Waals surface area contributed by atoms with Gasteiger partial charge in [-0.25, -0.2) is 0 Å². The van der Waals surface area contributed by atoms with Gasteiger partial charge < -0.3 is 5.32 Å². The Morgan fingerprint density at radius 2 is 1.90 bits per heavy atom. The molecule has 1 aromatic carbocycles. The first-order valence-corrected chi connectivity index (χ1v) is 10.8. The largest absolute Gasteiger partial charge is 0.324 e. The van der Waals surface area contributed by atoms with Crippen molar-refractivity contribution >= 4 is 17.2 Å². The number of rotatable bonds is 6. The van der Waals surface area contributed by atoms with Crippen LogP contribution < -0.4 is 5.32 Å². The number of benzene rings is 1. The van der Waals surface area contributed by atoms with Crippen molar-refractivity contribution < 1.29 is 4.79 Å². The first-order valence-electron chi connectivity index (χ1n) is 10.8. The number of amides is 1. The number of hydrogen-bond donors (Lipinski definition) is 1. The molecule has 31 heavy (non-hydrogen) atoms. The van der Waals surface area contributed by atoms with Gasteiger partial charge in [-0.2, -0.15) is 0 Å². The van der Waals surface area contributed by atoms with Crippen molar-refractivity contribution in [3.63, 3.8) is 0 Å². The molecule has 5 heteroatoms. The van der Waals surface area contributed by atoms with E-state index < -0.39 is 0 Å². The minimum atomic E-state index is -0.0440. The van der Waals surface area contributed by atoms with E-state index in [2.05, 4.69) is 39.3 Å². The van der Waals surface area contributed by atoms with E-state index in [-0.39, 0.29) is 5.91 Å². The van der Waals surface area contributed by atoms with Gasteiger partial charge in [-0.15, -0.1) is 0 Å². The van der Waals surface area contributed by atoms with Crippen LogP contribution in [0.4, 0.5) is 5.69 Å². The van der Waals surface area contributed by atoms with Gasteiger partial charge in [-0.1, -0.05) is 37.3 Å². The molecule has 2 aromatic heterocycles. The summed E-state index contributed by atoms with van der Waals surface area (Å²) < 4.78 is 0. The molecule has 3 aromatic rings. The smallest absolute Gasteiger partial charge is 0.228 e. The summed E-state index contributed by atoms with van der Waals surface area (Å²) in [6.07, 6.45) is 7.16. The number of likely N-dealkylation sites (N-methyl/N-ethyl adjacent to an activating group) is 1. The molecule has 1 N–H and O–H groups in total. The van der Waals surface area contributed by atoms with Gasteiger partial charge in [0.1, 0.15) is 0 Å². The predicted octanol–water partition coefficient (Wildman–Crippen LogP) is 4.74. The Balaban J connectivity index is 1.34. The molecule has 4 rings (SSSR count). The van der Waals surface area contributed by atoms with E-state index in [9.17, 15) is 4.79 Å². The lowest BCUT2D eigenvalue weighted by Gasteiger charge is -2.24. The summed E-state index contributed by atoms with van der Waals surface area (Å²) in [6, 6.07) is 16.1. The highest BCUT2D eigenvalue weighted by molar-refractivity contribution is 5.92. The van der Waals surface area contributed by atoms with Gasteiger partial charge >= 0.3 is 0 Å². The predicted molar refractivity (Wildman–Crippen MR) is 126 cm³/mol. The lowest BCUT2D eigenvalue weighted by molar-refractivity contribution is -0.115. The zero-order valence-corrected chi connectivity index (χ0v) is 18.1. The number of aryl methyl sites for hydroxylation is 1. The fourth-order valence-corrected chi connectivity index (χ4v) is 3.82. The maximum Gasteiger partial charge on any atom is 0.228 e. The molecule has 0 fully saturated rings. The molecular formula is C26H28N4O. The van der Waals surface area contributed by atoms with Crippen molar-refractivity contribution in [3.8, 4) is 11.1 Å². The molecule has 0 atom stereocenters. The zero-order chi connectivity index (χ0) is 21.6. The van der Waals surface area contributed by atoms with Crippen LogP contribution in [0.2, 0.25) is 0 Å². The molecule has 0 saturated carbocycles. The summed E-state index contributed by atoms with van der Waals surface area (Å²) in [5, 5.41) is 2.95. The van der Waals surface area contributed by atoms with E-state index in [1.54, 1.807) is 6.20 Å². The summed E-state index contributed by atoms with van der Waals surface area (Å²) >= 11 is 0. The molecule has 3 heterocycles. The lowest BCUT2D eigenvalue weighted by atomic mass is 10.0. The second-order valence-electron chi connectivity index (χ2n) is 7.91. The lowest BCUT2D eigenvalue weighted by Crippen LogP contribution is -2.28. The molecule has 0 bridgehead atoms. The highest BCUT2D eigenvalue weighted by atomic mass is 16.1. The molecular weight excluding hydrogens is 384 g/mol. The van der Waals surface area contributed by atoms with Gasteiger partial charge in [0, 0.05) is 25.0 Å². The number of carbonyl (C=O) groups excluding carboxylic acids is 1. The highest BCUT2D eigenvalue weighted by Gasteiger charge is 2.12. The Labute approximate surface area is 183 Å². The number of anilines is 1. The summed E-state index contributed by atoms with van der Waals surface area (Å²) in [5.41, 5.74) is 7.22.